The largest absolute Gasteiger partial charge is 0.356 e. The van der Waals surface area contributed by atoms with E-state index in [9.17, 15) is 4.79 Å². The van der Waals surface area contributed by atoms with Crippen LogP contribution in [0.4, 0.5) is 11.4 Å². The van der Waals surface area contributed by atoms with Crippen molar-refractivity contribution in [2.24, 2.45) is 0 Å². The molecule has 1 fully saturated rings. The lowest BCUT2D eigenvalue weighted by atomic mass is 9.98. The van der Waals surface area contributed by atoms with Gasteiger partial charge in [0.15, 0.2) is 5.11 Å². The Morgan fingerprint density at radius 1 is 1.22 bits per heavy atom. The molecule has 5 heteroatoms. The summed E-state index contributed by atoms with van der Waals surface area (Å²) in [7, 11) is 0. The topological polar surface area (TPSA) is 44.4 Å². The Balaban J connectivity index is 1.68. The number of hydrogen-bond donors (Lipinski definition) is 2. The van der Waals surface area contributed by atoms with E-state index >= 15 is 0 Å². The number of rotatable bonds is 5. The molecule has 0 saturated carbocycles. The molecule has 0 radical (unpaired) electrons. The number of thiocarbonyl (C=S) groups is 1. The summed E-state index contributed by atoms with van der Waals surface area (Å²) in [6.45, 7) is 7.18. The minimum Gasteiger partial charge on any atom is -0.356 e. The van der Waals surface area contributed by atoms with Crippen molar-refractivity contribution in [3.8, 4) is 0 Å². The normalized spacial score (nSPS) is 14.9. The Labute approximate surface area is 167 Å². The van der Waals surface area contributed by atoms with Crippen LogP contribution < -0.4 is 15.5 Å². The summed E-state index contributed by atoms with van der Waals surface area (Å²) in [4.78, 5) is 13.8. The number of benzene rings is 2. The molecular formula is C22H27N3OS. The van der Waals surface area contributed by atoms with E-state index in [-0.39, 0.29) is 11.9 Å². The number of nitrogens with zero attached hydrogens (tertiary/aromatic N) is 1. The Morgan fingerprint density at radius 3 is 2.70 bits per heavy atom. The zero-order valence-electron chi connectivity index (χ0n) is 16.2. The van der Waals surface area contributed by atoms with E-state index < -0.39 is 0 Å². The van der Waals surface area contributed by atoms with E-state index in [2.05, 4.69) is 49.6 Å². The van der Waals surface area contributed by atoms with Crippen LogP contribution in [-0.4, -0.2) is 17.6 Å². The van der Waals surface area contributed by atoms with Crippen molar-refractivity contribution in [1.82, 2.24) is 5.32 Å². The minimum absolute atomic E-state index is 0.161. The first-order valence-electron chi connectivity index (χ1n) is 9.53. The van der Waals surface area contributed by atoms with Crippen LogP contribution in [0.2, 0.25) is 0 Å². The summed E-state index contributed by atoms with van der Waals surface area (Å²) >= 11 is 5.55. The van der Waals surface area contributed by atoms with Gasteiger partial charge < -0.3 is 15.5 Å². The molecule has 2 aromatic carbocycles. The van der Waals surface area contributed by atoms with Gasteiger partial charge in [-0.3, -0.25) is 4.79 Å². The van der Waals surface area contributed by atoms with Crippen molar-refractivity contribution in [2.75, 3.05) is 16.8 Å². The number of hydrogen-bond acceptors (Lipinski definition) is 2. The second kappa shape index (κ2) is 8.53. The standard InChI is InChI=1S/C22H27N3OS/c1-4-20(19-11-10-15(2)13-16(19)3)24-22(27)23-17-7-5-8-18(14-17)25-12-6-9-21(25)26/h5,7-8,10-11,13-14,20H,4,6,9,12H2,1-3H3,(H2,23,24,27)/t20-/m0/s1. The second-order valence-corrected chi connectivity index (χ2v) is 7.53. The Bertz CT molecular complexity index is 849. The highest BCUT2D eigenvalue weighted by Gasteiger charge is 2.21. The highest BCUT2D eigenvalue weighted by atomic mass is 32.1. The van der Waals surface area contributed by atoms with Crippen molar-refractivity contribution in [3.63, 3.8) is 0 Å². The molecule has 1 saturated heterocycles. The Morgan fingerprint density at radius 2 is 2.04 bits per heavy atom. The van der Waals surface area contributed by atoms with E-state index in [1.807, 2.05) is 29.2 Å². The third-order valence-corrected chi connectivity index (χ3v) is 5.22. The van der Waals surface area contributed by atoms with Gasteiger partial charge in [0.25, 0.3) is 0 Å². The van der Waals surface area contributed by atoms with Gasteiger partial charge >= 0.3 is 0 Å². The first-order chi connectivity index (χ1) is 13.0. The van der Waals surface area contributed by atoms with Gasteiger partial charge in [0.05, 0.1) is 6.04 Å². The van der Waals surface area contributed by atoms with Gasteiger partial charge in [0.1, 0.15) is 0 Å². The van der Waals surface area contributed by atoms with Crippen LogP contribution in [0.25, 0.3) is 0 Å². The summed E-state index contributed by atoms with van der Waals surface area (Å²) < 4.78 is 0. The third kappa shape index (κ3) is 4.66. The van der Waals surface area contributed by atoms with Crippen LogP contribution in [0, 0.1) is 13.8 Å². The lowest BCUT2D eigenvalue weighted by Crippen LogP contribution is -2.32. The summed E-state index contributed by atoms with van der Waals surface area (Å²) in [6, 6.07) is 14.5. The molecule has 2 aromatic rings. The number of amides is 1. The quantitative estimate of drug-likeness (QED) is 0.726. The van der Waals surface area contributed by atoms with Crippen LogP contribution in [0.1, 0.15) is 48.9 Å². The second-order valence-electron chi connectivity index (χ2n) is 7.12. The van der Waals surface area contributed by atoms with Gasteiger partial charge in [0, 0.05) is 24.3 Å². The van der Waals surface area contributed by atoms with Crippen LogP contribution in [0.5, 0.6) is 0 Å². The average Bonchev–Trinajstić information content (AvgIpc) is 3.06. The van der Waals surface area contributed by atoms with Gasteiger partial charge in [-0.15, -0.1) is 0 Å². The highest BCUT2D eigenvalue weighted by Crippen LogP contribution is 2.25. The third-order valence-electron chi connectivity index (χ3n) is 5.00. The lowest BCUT2D eigenvalue weighted by molar-refractivity contribution is -0.117. The van der Waals surface area contributed by atoms with E-state index in [0.29, 0.717) is 11.5 Å². The Hall–Kier alpha value is -2.40. The predicted octanol–water partition coefficient (Wildman–Crippen LogP) is 4.87. The first kappa shape index (κ1) is 19.4. The maximum atomic E-state index is 12.0. The lowest BCUT2D eigenvalue weighted by Gasteiger charge is -2.22. The fraction of sp³-hybridized carbons (Fsp3) is 0.364. The summed E-state index contributed by atoms with van der Waals surface area (Å²) in [5.41, 5.74) is 5.61. The highest BCUT2D eigenvalue weighted by molar-refractivity contribution is 7.80. The number of nitrogens with one attached hydrogen (secondary N) is 2. The van der Waals surface area contributed by atoms with Gasteiger partial charge in [-0.2, -0.15) is 0 Å². The molecule has 0 bridgehead atoms. The number of aryl methyl sites for hydroxylation is 2. The molecule has 1 amide bonds. The van der Waals surface area contributed by atoms with Crippen LogP contribution >= 0.6 is 12.2 Å². The van der Waals surface area contributed by atoms with Crippen LogP contribution in [-0.2, 0) is 4.79 Å². The molecule has 1 aliphatic rings. The molecule has 1 heterocycles. The van der Waals surface area contributed by atoms with Crippen molar-refractivity contribution in [1.29, 1.82) is 0 Å². The fourth-order valence-corrected chi connectivity index (χ4v) is 3.87. The van der Waals surface area contributed by atoms with Crippen LogP contribution in [0.3, 0.4) is 0 Å². The molecule has 4 nitrogen and oxygen atoms in total. The molecule has 3 rings (SSSR count). The van der Waals surface area contributed by atoms with Gasteiger partial charge in [-0.25, -0.2) is 0 Å². The molecule has 0 unspecified atom stereocenters. The molecule has 1 aliphatic heterocycles. The van der Waals surface area contributed by atoms with E-state index in [1.165, 1.54) is 16.7 Å². The number of carbonyl (C=O) groups excluding carboxylic acids is 1. The molecule has 27 heavy (non-hydrogen) atoms. The molecule has 0 aliphatic carbocycles. The predicted molar refractivity (Wildman–Crippen MR) is 116 cm³/mol. The molecule has 2 N–H and O–H groups in total. The van der Waals surface area contributed by atoms with Crippen molar-refractivity contribution in [3.05, 3.63) is 59.2 Å². The summed E-state index contributed by atoms with van der Waals surface area (Å²) in [5.74, 6) is 0.189. The van der Waals surface area contributed by atoms with E-state index in [0.717, 1.165) is 30.8 Å². The molecule has 142 valence electrons. The summed E-state index contributed by atoms with van der Waals surface area (Å²) in [6.07, 6.45) is 2.49. The SMILES string of the molecule is CC[C@H](NC(=S)Nc1cccc(N2CCCC2=O)c1)c1ccc(C)cc1C. The van der Waals surface area contributed by atoms with Crippen molar-refractivity contribution >= 4 is 34.6 Å². The monoisotopic (exact) mass is 381 g/mol. The smallest absolute Gasteiger partial charge is 0.227 e. The molecule has 1 atom stereocenters. The number of anilines is 2. The van der Waals surface area contributed by atoms with Gasteiger partial charge in [-0.1, -0.05) is 36.8 Å². The van der Waals surface area contributed by atoms with Crippen molar-refractivity contribution < 1.29 is 4.79 Å². The van der Waals surface area contributed by atoms with Crippen molar-refractivity contribution in [2.45, 2.75) is 46.1 Å². The zero-order valence-corrected chi connectivity index (χ0v) is 17.0. The maximum Gasteiger partial charge on any atom is 0.227 e. The molecular weight excluding hydrogens is 354 g/mol. The summed E-state index contributed by atoms with van der Waals surface area (Å²) in [5, 5.41) is 7.29. The fourth-order valence-electron chi connectivity index (χ4n) is 3.61. The Kier molecular flexibility index (Phi) is 6.11. The first-order valence-corrected chi connectivity index (χ1v) is 9.94. The van der Waals surface area contributed by atoms with Gasteiger partial charge in [-0.05, 0) is 68.2 Å². The maximum absolute atomic E-state index is 12.0. The van der Waals surface area contributed by atoms with Crippen LogP contribution in [0.15, 0.2) is 42.5 Å². The van der Waals surface area contributed by atoms with E-state index in [4.69, 9.17) is 12.2 Å². The molecule has 0 aromatic heterocycles. The van der Waals surface area contributed by atoms with E-state index in [1.54, 1.807) is 0 Å². The van der Waals surface area contributed by atoms with Gasteiger partial charge in [0.2, 0.25) is 5.91 Å². The minimum atomic E-state index is 0.161. The number of carbonyl (C=O) groups is 1. The molecule has 0 spiro atoms. The zero-order chi connectivity index (χ0) is 19.4. The average molecular weight is 382 g/mol.